The van der Waals surface area contributed by atoms with Crippen LogP contribution in [0.5, 0.6) is 0 Å². The number of amides is 7. The lowest BCUT2D eigenvalue weighted by Crippen LogP contribution is -2.54. The van der Waals surface area contributed by atoms with Gasteiger partial charge in [-0.1, -0.05) is 6.07 Å². The predicted octanol–water partition coefficient (Wildman–Crippen LogP) is 4.16. The van der Waals surface area contributed by atoms with Gasteiger partial charge in [0.05, 0.1) is 89.1 Å². The number of rotatable bonds is 28. The molecule has 4 aliphatic heterocycles. The zero-order chi connectivity index (χ0) is 55.0. The summed E-state index contributed by atoms with van der Waals surface area (Å²) in [6.07, 6.45) is -1.15. The van der Waals surface area contributed by atoms with Gasteiger partial charge in [0.25, 0.3) is 17.7 Å². The molecule has 6 heterocycles. The SMILES string of the molecule is O=C(CCOCCOCCOCCOCCC(=O)N1CCC(c2cc(Nc3cc(C(F)(F)F)ccn3)nc(N3CCC(F)(F)C3)c2)CC1)NCCCCNC(=O)CNc1cccc2c1C(=O)N(C1CCC(=O)NC1=O)C2=O. The van der Waals surface area contributed by atoms with Crippen LogP contribution in [0.2, 0.25) is 0 Å². The number of alkyl halides is 5. The van der Waals surface area contributed by atoms with Gasteiger partial charge >= 0.3 is 6.18 Å². The number of fused-ring (bicyclic) bond motifs is 1. The molecule has 2 aromatic heterocycles. The van der Waals surface area contributed by atoms with Crippen LogP contribution in [0, 0.1) is 0 Å². The maximum atomic E-state index is 14.2. The molecule has 0 saturated carbocycles. The Morgan fingerprint density at radius 3 is 2.08 bits per heavy atom. The van der Waals surface area contributed by atoms with Crippen molar-refractivity contribution in [1.29, 1.82) is 0 Å². The second-order valence-corrected chi connectivity index (χ2v) is 18.8. The van der Waals surface area contributed by atoms with E-state index in [9.17, 15) is 55.5 Å². The fraction of sp³-hybridized carbons (Fsp3) is 0.549. The summed E-state index contributed by atoms with van der Waals surface area (Å²) in [7, 11) is 0. The van der Waals surface area contributed by atoms with Crippen LogP contribution in [0.3, 0.4) is 0 Å². The number of hydrogen-bond donors (Lipinski definition) is 5. The first kappa shape index (κ1) is 57.8. The van der Waals surface area contributed by atoms with Crippen molar-refractivity contribution in [2.24, 2.45) is 0 Å². The number of aromatic nitrogens is 2. The highest BCUT2D eigenvalue weighted by molar-refractivity contribution is 6.25. The van der Waals surface area contributed by atoms with Crippen molar-refractivity contribution >= 4 is 64.5 Å². The molecule has 21 nitrogen and oxygen atoms in total. The van der Waals surface area contributed by atoms with Gasteiger partial charge in [-0.3, -0.25) is 43.8 Å². The number of piperidine rings is 2. The third-order valence-corrected chi connectivity index (χ3v) is 13.2. The van der Waals surface area contributed by atoms with Crippen LogP contribution in [-0.2, 0) is 49.1 Å². The topological polar surface area (TPSA) is 252 Å². The van der Waals surface area contributed by atoms with E-state index in [4.69, 9.17) is 18.9 Å². The summed E-state index contributed by atoms with van der Waals surface area (Å²) in [6.45, 7) is 3.25. The number of halogens is 5. The van der Waals surface area contributed by atoms with Gasteiger partial charge in [0.15, 0.2) is 0 Å². The molecule has 0 spiro atoms. The summed E-state index contributed by atoms with van der Waals surface area (Å²) in [5.74, 6) is -5.67. The summed E-state index contributed by atoms with van der Waals surface area (Å²) in [5, 5.41) is 13.4. The van der Waals surface area contributed by atoms with Crippen LogP contribution in [0.1, 0.15) is 95.5 Å². The predicted molar refractivity (Wildman–Crippen MR) is 266 cm³/mol. The number of nitrogens with one attached hydrogen (secondary N) is 5. The number of imide groups is 2. The number of pyridine rings is 2. The Hall–Kier alpha value is -6.90. The van der Waals surface area contributed by atoms with E-state index in [0.29, 0.717) is 78.3 Å². The first-order valence-electron chi connectivity index (χ1n) is 25.6. The van der Waals surface area contributed by atoms with Gasteiger partial charge in [-0.15, -0.1) is 0 Å². The first-order valence-corrected chi connectivity index (χ1v) is 25.6. The fourth-order valence-electron chi connectivity index (χ4n) is 9.14. The van der Waals surface area contributed by atoms with Crippen LogP contribution in [0.15, 0.2) is 48.7 Å². The molecule has 0 radical (unpaired) electrons. The number of nitrogens with zero attached hydrogens (tertiary/aromatic N) is 5. The van der Waals surface area contributed by atoms with Crippen molar-refractivity contribution in [3.05, 3.63) is 70.9 Å². The number of likely N-dealkylation sites (tertiary alicyclic amines) is 1. The molecule has 1 atom stereocenters. The summed E-state index contributed by atoms with van der Waals surface area (Å²) in [4.78, 5) is 100. The normalized spacial score (nSPS) is 17.6. The van der Waals surface area contributed by atoms with E-state index < -0.39 is 53.9 Å². The molecule has 3 aromatic rings. The minimum absolute atomic E-state index is 0.00230. The molecule has 26 heteroatoms. The van der Waals surface area contributed by atoms with E-state index in [1.165, 1.54) is 11.0 Å². The molecule has 1 aromatic carbocycles. The van der Waals surface area contributed by atoms with E-state index in [1.54, 1.807) is 29.2 Å². The Labute approximate surface area is 440 Å². The average molecular weight is 1090 g/mol. The molecular weight excluding hydrogens is 1020 g/mol. The Balaban J connectivity index is 0.661. The van der Waals surface area contributed by atoms with Crippen LogP contribution in [0.25, 0.3) is 0 Å². The molecule has 7 amide bonds. The molecule has 0 aliphatic carbocycles. The molecule has 1 unspecified atom stereocenters. The molecule has 0 bridgehead atoms. The quantitative estimate of drug-likeness (QED) is 0.0389. The van der Waals surface area contributed by atoms with Crippen molar-refractivity contribution in [3.8, 4) is 0 Å². The van der Waals surface area contributed by atoms with Gasteiger partial charge in [-0.25, -0.2) is 18.7 Å². The van der Waals surface area contributed by atoms with Gasteiger partial charge in [-0.2, -0.15) is 13.2 Å². The number of unbranched alkanes of at least 4 members (excludes halogenated alkanes) is 1. The highest BCUT2D eigenvalue weighted by atomic mass is 19.4. The fourth-order valence-corrected chi connectivity index (χ4v) is 9.14. The second-order valence-electron chi connectivity index (χ2n) is 18.8. The minimum Gasteiger partial charge on any atom is -0.379 e. The largest absolute Gasteiger partial charge is 0.416 e. The van der Waals surface area contributed by atoms with Crippen LogP contribution >= 0.6 is 0 Å². The van der Waals surface area contributed by atoms with Crippen molar-refractivity contribution in [2.45, 2.75) is 81.8 Å². The van der Waals surface area contributed by atoms with Crippen molar-refractivity contribution in [1.82, 2.24) is 35.7 Å². The van der Waals surface area contributed by atoms with Gasteiger partial charge < -0.3 is 50.0 Å². The van der Waals surface area contributed by atoms with Gasteiger partial charge in [0.2, 0.25) is 29.5 Å². The van der Waals surface area contributed by atoms with Gasteiger partial charge in [-0.05, 0) is 80.0 Å². The van der Waals surface area contributed by atoms with E-state index in [-0.39, 0.29) is 130 Å². The number of benzene rings is 1. The lowest BCUT2D eigenvalue weighted by molar-refractivity contribution is -0.138. The Kier molecular flexibility index (Phi) is 20.6. The van der Waals surface area contributed by atoms with Gasteiger partial charge in [0, 0.05) is 63.9 Å². The smallest absolute Gasteiger partial charge is 0.379 e. The standard InChI is InChI=1S/C51H63F5N10O11/c52-50(53)13-19-65(32-50)41-29-34(28-40(62-41)61-39-30-35(8-16-57-39)51(54,55)56)33-9-17-64(18-10-33)45(70)12-21-75-23-25-77-27-26-76-24-22-74-20-11-42(67)58-14-1-2-15-59-44(69)31-60-37-5-3-4-36-46(37)49(73)66(48(36)72)38-6-7-43(68)63-47(38)71/h3-5,8,16,28-30,33,38,60H,1-2,6-7,9-15,17-27,31-32H2,(H,58,67)(H,59,69)(H,57,61,62)(H,63,68,71). The van der Waals surface area contributed by atoms with Crippen LogP contribution < -0.4 is 31.5 Å². The summed E-state index contributed by atoms with van der Waals surface area (Å²) < 4.78 is 90.5. The average Bonchev–Trinajstić information content (AvgIpc) is 3.95. The zero-order valence-electron chi connectivity index (χ0n) is 42.4. The molecular formula is C51H63F5N10O11. The molecule has 3 fully saturated rings. The number of anilines is 4. The number of carbonyl (C=O) groups is 7. The van der Waals surface area contributed by atoms with E-state index >= 15 is 0 Å². The number of hydrogen-bond acceptors (Lipinski definition) is 16. The van der Waals surface area contributed by atoms with Crippen molar-refractivity contribution in [3.63, 3.8) is 0 Å². The third kappa shape index (κ3) is 16.8. The highest BCUT2D eigenvalue weighted by Crippen LogP contribution is 2.37. The van der Waals surface area contributed by atoms with Crippen molar-refractivity contribution < 1.29 is 74.5 Å². The minimum atomic E-state index is -4.58. The maximum absolute atomic E-state index is 14.2. The highest BCUT2D eigenvalue weighted by Gasteiger charge is 2.46. The van der Waals surface area contributed by atoms with Crippen LogP contribution in [-0.4, -0.2) is 172 Å². The molecule has 77 heavy (non-hydrogen) atoms. The monoisotopic (exact) mass is 1090 g/mol. The molecule has 5 N–H and O–H groups in total. The molecule has 3 saturated heterocycles. The number of ether oxygens (including phenoxy) is 4. The zero-order valence-corrected chi connectivity index (χ0v) is 42.4. The third-order valence-electron chi connectivity index (χ3n) is 13.2. The Morgan fingerprint density at radius 2 is 1.43 bits per heavy atom. The summed E-state index contributed by atoms with van der Waals surface area (Å²) >= 11 is 0. The number of carbonyl (C=O) groups excluding carboxylic acids is 7. The van der Waals surface area contributed by atoms with Crippen molar-refractivity contribution in [2.75, 3.05) is 114 Å². The van der Waals surface area contributed by atoms with E-state index in [2.05, 4.69) is 36.6 Å². The lowest BCUT2D eigenvalue weighted by atomic mass is 9.89. The molecule has 7 rings (SSSR count). The Bertz CT molecular complexity index is 2590. The Morgan fingerprint density at radius 1 is 0.766 bits per heavy atom. The lowest BCUT2D eigenvalue weighted by Gasteiger charge is -2.33. The van der Waals surface area contributed by atoms with E-state index in [0.717, 1.165) is 28.8 Å². The maximum Gasteiger partial charge on any atom is 0.416 e. The molecule has 418 valence electrons. The summed E-state index contributed by atoms with van der Waals surface area (Å²) in [5.41, 5.74) is 0.307. The molecule has 4 aliphatic rings. The summed E-state index contributed by atoms with van der Waals surface area (Å²) in [6, 6.07) is 8.63. The van der Waals surface area contributed by atoms with Gasteiger partial charge in [0.1, 0.15) is 23.5 Å². The van der Waals surface area contributed by atoms with Crippen LogP contribution in [0.4, 0.5) is 45.1 Å². The van der Waals surface area contributed by atoms with E-state index in [1.807, 2.05) is 0 Å². The second kappa shape index (κ2) is 27.4. The first-order chi connectivity index (χ1) is 37.0.